The van der Waals surface area contributed by atoms with Crippen molar-refractivity contribution in [1.82, 2.24) is 9.97 Å². The van der Waals surface area contributed by atoms with Crippen LogP contribution in [0.25, 0.3) is 0 Å². The van der Waals surface area contributed by atoms with Crippen LogP contribution >= 0.6 is 11.6 Å². The van der Waals surface area contributed by atoms with E-state index >= 15 is 0 Å². The van der Waals surface area contributed by atoms with Crippen LogP contribution < -0.4 is 5.32 Å². The molecular weight excluding hydrogens is 254 g/mol. The summed E-state index contributed by atoms with van der Waals surface area (Å²) >= 11 is 6.03. The Morgan fingerprint density at radius 3 is 2.61 bits per heavy atom. The summed E-state index contributed by atoms with van der Waals surface area (Å²) in [4.78, 5) is 20.0. The molecule has 0 bridgehead atoms. The zero-order valence-corrected chi connectivity index (χ0v) is 11.8. The van der Waals surface area contributed by atoms with Gasteiger partial charge in [-0.05, 0) is 13.3 Å². The lowest BCUT2D eigenvalue weighted by atomic mass is 10.2. The van der Waals surface area contributed by atoms with Gasteiger partial charge in [0.05, 0.1) is 7.11 Å². The van der Waals surface area contributed by atoms with Gasteiger partial charge in [-0.3, -0.25) is 0 Å². The van der Waals surface area contributed by atoms with Crippen molar-refractivity contribution < 1.29 is 9.53 Å². The van der Waals surface area contributed by atoms with Gasteiger partial charge in [0.25, 0.3) is 0 Å². The van der Waals surface area contributed by atoms with Crippen LogP contribution in [0.15, 0.2) is 0 Å². The molecule has 1 rings (SSSR count). The normalized spacial score (nSPS) is 12.1. The molecule has 0 radical (unpaired) electrons. The molecule has 6 heteroatoms. The molecule has 100 valence electrons. The predicted octanol–water partition coefficient (Wildman–Crippen LogP) is 2.36. The second kappa shape index (κ2) is 6.54. The van der Waals surface area contributed by atoms with E-state index in [1.807, 2.05) is 20.8 Å². The number of rotatable bonds is 5. The van der Waals surface area contributed by atoms with Crippen molar-refractivity contribution >= 4 is 23.4 Å². The number of hydrogen-bond donors (Lipinski definition) is 1. The molecule has 0 saturated heterocycles. The van der Waals surface area contributed by atoms with E-state index in [-0.39, 0.29) is 5.97 Å². The summed E-state index contributed by atoms with van der Waals surface area (Å²) < 4.78 is 4.72. The average Bonchev–Trinajstić information content (AvgIpc) is 2.39. The Kier molecular flexibility index (Phi) is 5.34. The van der Waals surface area contributed by atoms with Gasteiger partial charge in [0.1, 0.15) is 22.8 Å². The first-order chi connectivity index (χ1) is 8.53. The summed E-state index contributed by atoms with van der Waals surface area (Å²) in [5.74, 6) is 0.918. The van der Waals surface area contributed by atoms with Crippen molar-refractivity contribution in [3.05, 3.63) is 16.5 Å². The SMILES string of the molecule is CCc1nc(Cl)c(C)c(NC(CC)C(=O)OC)n1. The zero-order valence-electron chi connectivity index (χ0n) is 11.1. The van der Waals surface area contributed by atoms with Crippen molar-refractivity contribution in [3.8, 4) is 0 Å². The van der Waals surface area contributed by atoms with Crippen LogP contribution in [0.1, 0.15) is 31.7 Å². The van der Waals surface area contributed by atoms with Crippen molar-refractivity contribution in [3.63, 3.8) is 0 Å². The Morgan fingerprint density at radius 1 is 1.44 bits per heavy atom. The topological polar surface area (TPSA) is 64.1 Å². The standard InChI is InChI=1S/C12H18ClN3O2/c1-5-8(12(17)18-4)14-11-7(3)10(13)15-9(6-2)16-11/h8H,5-6H2,1-4H3,(H,14,15,16). The Balaban J connectivity index is 3.01. The molecule has 1 aromatic heterocycles. The summed E-state index contributed by atoms with van der Waals surface area (Å²) in [5, 5.41) is 3.46. The average molecular weight is 272 g/mol. The van der Waals surface area contributed by atoms with E-state index in [9.17, 15) is 4.79 Å². The fourth-order valence-electron chi connectivity index (χ4n) is 1.47. The van der Waals surface area contributed by atoms with Gasteiger partial charge in [-0.2, -0.15) is 0 Å². The highest BCUT2D eigenvalue weighted by Crippen LogP contribution is 2.21. The molecule has 0 aromatic carbocycles. The maximum Gasteiger partial charge on any atom is 0.328 e. The molecule has 1 atom stereocenters. The Labute approximate surface area is 112 Å². The van der Waals surface area contributed by atoms with E-state index in [0.29, 0.717) is 29.6 Å². The Hall–Kier alpha value is -1.36. The van der Waals surface area contributed by atoms with Gasteiger partial charge in [-0.1, -0.05) is 25.4 Å². The van der Waals surface area contributed by atoms with Crippen LogP contribution in [0.3, 0.4) is 0 Å². The van der Waals surface area contributed by atoms with Crippen LogP contribution in [-0.2, 0) is 16.0 Å². The van der Waals surface area contributed by atoms with Crippen LogP contribution in [0.4, 0.5) is 5.82 Å². The number of aromatic nitrogens is 2. The number of methoxy groups -OCH3 is 1. The van der Waals surface area contributed by atoms with Gasteiger partial charge in [-0.15, -0.1) is 0 Å². The third kappa shape index (κ3) is 3.32. The molecule has 0 fully saturated rings. The second-order valence-electron chi connectivity index (χ2n) is 3.89. The predicted molar refractivity (Wildman–Crippen MR) is 70.9 cm³/mol. The number of ether oxygens (including phenoxy) is 1. The highest BCUT2D eigenvalue weighted by molar-refractivity contribution is 6.30. The molecule has 1 N–H and O–H groups in total. The minimum atomic E-state index is -0.427. The highest BCUT2D eigenvalue weighted by Gasteiger charge is 2.19. The first kappa shape index (κ1) is 14.7. The number of anilines is 1. The van der Waals surface area contributed by atoms with Crippen LogP contribution in [0, 0.1) is 6.92 Å². The number of esters is 1. The molecule has 0 amide bonds. The first-order valence-corrected chi connectivity index (χ1v) is 6.28. The molecule has 0 aliphatic rings. The van der Waals surface area contributed by atoms with Gasteiger partial charge in [-0.25, -0.2) is 14.8 Å². The Morgan fingerprint density at radius 2 is 2.11 bits per heavy atom. The monoisotopic (exact) mass is 271 g/mol. The summed E-state index contributed by atoms with van der Waals surface area (Å²) in [6.07, 6.45) is 1.29. The molecule has 0 spiro atoms. The van der Waals surface area contributed by atoms with Gasteiger partial charge in [0.15, 0.2) is 0 Å². The third-order valence-electron chi connectivity index (χ3n) is 2.65. The smallest absolute Gasteiger partial charge is 0.328 e. The third-order valence-corrected chi connectivity index (χ3v) is 3.02. The minimum Gasteiger partial charge on any atom is -0.467 e. The van der Waals surface area contributed by atoms with E-state index in [1.165, 1.54) is 7.11 Å². The van der Waals surface area contributed by atoms with Gasteiger partial charge in [0.2, 0.25) is 0 Å². The quantitative estimate of drug-likeness (QED) is 0.658. The van der Waals surface area contributed by atoms with E-state index in [1.54, 1.807) is 0 Å². The summed E-state index contributed by atoms with van der Waals surface area (Å²) in [5.41, 5.74) is 0.733. The lowest BCUT2D eigenvalue weighted by Gasteiger charge is -2.17. The molecule has 1 heterocycles. The Bertz CT molecular complexity index is 438. The number of halogens is 1. The number of nitrogens with zero attached hydrogens (tertiary/aromatic N) is 2. The second-order valence-corrected chi connectivity index (χ2v) is 4.24. The van der Waals surface area contributed by atoms with Crippen molar-refractivity contribution in [2.45, 2.75) is 39.7 Å². The highest BCUT2D eigenvalue weighted by atomic mass is 35.5. The van der Waals surface area contributed by atoms with Crippen molar-refractivity contribution in [2.75, 3.05) is 12.4 Å². The molecule has 1 unspecified atom stereocenters. The maximum atomic E-state index is 11.5. The van der Waals surface area contributed by atoms with Gasteiger partial charge >= 0.3 is 5.97 Å². The minimum absolute atomic E-state index is 0.315. The lowest BCUT2D eigenvalue weighted by molar-refractivity contribution is -0.141. The number of carbonyl (C=O) groups is 1. The van der Waals surface area contributed by atoms with Crippen molar-refractivity contribution in [1.29, 1.82) is 0 Å². The number of hydrogen-bond acceptors (Lipinski definition) is 5. The molecule has 0 aliphatic carbocycles. The van der Waals surface area contributed by atoms with Crippen LogP contribution in [-0.4, -0.2) is 29.1 Å². The fraction of sp³-hybridized carbons (Fsp3) is 0.583. The maximum absolute atomic E-state index is 11.5. The molecule has 5 nitrogen and oxygen atoms in total. The molecular formula is C12H18ClN3O2. The molecule has 0 saturated carbocycles. The summed E-state index contributed by atoms with van der Waals surface area (Å²) in [6.45, 7) is 5.66. The lowest BCUT2D eigenvalue weighted by Crippen LogP contribution is -2.30. The van der Waals surface area contributed by atoms with E-state index in [0.717, 1.165) is 5.56 Å². The van der Waals surface area contributed by atoms with E-state index in [2.05, 4.69) is 15.3 Å². The zero-order chi connectivity index (χ0) is 13.7. The molecule has 1 aromatic rings. The largest absolute Gasteiger partial charge is 0.467 e. The number of aryl methyl sites for hydroxylation is 1. The molecule has 0 aliphatic heterocycles. The van der Waals surface area contributed by atoms with E-state index < -0.39 is 6.04 Å². The van der Waals surface area contributed by atoms with Crippen molar-refractivity contribution in [2.24, 2.45) is 0 Å². The first-order valence-electron chi connectivity index (χ1n) is 5.90. The van der Waals surface area contributed by atoms with Gasteiger partial charge < -0.3 is 10.1 Å². The summed E-state index contributed by atoms with van der Waals surface area (Å²) in [6, 6.07) is -0.427. The number of nitrogens with one attached hydrogen (secondary N) is 1. The molecule has 18 heavy (non-hydrogen) atoms. The number of carbonyl (C=O) groups excluding carboxylic acids is 1. The fourth-order valence-corrected chi connectivity index (χ4v) is 1.65. The van der Waals surface area contributed by atoms with Crippen LogP contribution in [0.5, 0.6) is 0 Å². The van der Waals surface area contributed by atoms with Gasteiger partial charge in [0, 0.05) is 12.0 Å². The van der Waals surface area contributed by atoms with E-state index in [4.69, 9.17) is 16.3 Å². The summed E-state index contributed by atoms with van der Waals surface area (Å²) in [7, 11) is 1.37. The van der Waals surface area contributed by atoms with Crippen LogP contribution in [0.2, 0.25) is 5.15 Å².